The Morgan fingerprint density at radius 3 is 1.83 bits per heavy atom. The Labute approximate surface area is 159 Å². The second-order valence-corrected chi connectivity index (χ2v) is 9.18. The molecule has 0 spiro atoms. The van der Waals surface area contributed by atoms with Gasteiger partial charge in [-0.1, -0.05) is 61.4 Å². The number of carbonyl (C=O) groups excluding carboxylic acids is 2. The SMILES string of the molecule is Cc1ccc(N(F)C(=O)SC(Cl)Cl)c(N(F)C(=O)SC(Cl)Cl)c1. The first kappa shape index (κ1) is 20.9. The number of nitrogens with zero attached hydrogens (tertiary/aromatic N) is 2. The van der Waals surface area contributed by atoms with Crippen molar-refractivity contribution < 1.29 is 18.6 Å². The van der Waals surface area contributed by atoms with Crippen molar-refractivity contribution in [3.63, 3.8) is 0 Å². The monoisotopic (exact) mass is 442 g/mol. The Balaban J connectivity index is 3.14. The third kappa shape index (κ3) is 6.36. The number of hydrogen-bond donors (Lipinski definition) is 0. The summed E-state index contributed by atoms with van der Waals surface area (Å²) < 4.78 is 25.9. The number of carbonyl (C=O) groups is 2. The number of anilines is 2. The van der Waals surface area contributed by atoms with Gasteiger partial charge in [0.2, 0.25) is 0 Å². The molecule has 2 amide bonds. The molecule has 0 saturated carbocycles. The van der Waals surface area contributed by atoms with Gasteiger partial charge < -0.3 is 0 Å². The van der Waals surface area contributed by atoms with Crippen LogP contribution >= 0.6 is 69.9 Å². The summed E-state index contributed by atoms with van der Waals surface area (Å²) >= 11 is 22.1. The zero-order chi connectivity index (χ0) is 17.7. The molecule has 0 N–H and O–H groups in total. The Hall–Kier alpha value is -0.120. The summed E-state index contributed by atoms with van der Waals surface area (Å²) in [6.07, 6.45) is 0. The molecule has 23 heavy (non-hydrogen) atoms. The van der Waals surface area contributed by atoms with Gasteiger partial charge in [0.05, 0.1) is 0 Å². The number of hydrogen-bond acceptors (Lipinski definition) is 4. The van der Waals surface area contributed by atoms with E-state index in [1.807, 2.05) is 0 Å². The minimum Gasteiger partial charge on any atom is -0.259 e. The van der Waals surface area contributed by atoms with E-state index in [-0.39, 0.29) is 33.8 Å². The largest absolute Gasteiger partial charge is 0.316 e. The second kappa shape index (κ2) is 9.39. The van der Waals surface area contributed by atoms with Crippen LogP contribution in [0.2, 0.25) is 0 Å². The van der Waals surface area contributed by atoms with Crippen LogP contribution in [0.3, 0.4) is 0 Å². The highest BCUT2D eigenvalue weighted by Gasteiger charge is 2.28. The first-order valence-electron chi connectivity index (χ1n) is 5.63. The van der Waals surface area contributed by atoms with Crippen molar-refractivity contribution in [2.45, 2.75) is 15.3 Å². The maximum absolute atomic E-state index is 14.2. The normalized spacial score (nSPS) is 11.0. The molecule has 1 aromatic rings. The van der Waals surface area contributed by atoms with E-state index in [9.17, 15) is 18.6 Å². The van der Waals surface area contributed by atoms with Crippen molar-refractivity contribution in [3.05, 3.63) is 23.8 Å². The quantitative estimate of drug-likeness (QED) is 0.388. The Bertz CT molecular complexity index is 595. The maximum atomic E-state index is 14.2. The fourth-order valence-electron chi connectivity index (χ4n) is 1.40. The lowest BCUT2D eigenvalue weighted by Gasteiger charge is -2.19. The van der Waals surface area contributed by atoms with Gasteiger partial charge in [0.15, 0.2) is 8.34 Å². The van der Waals surface area contributed by atoms with Gasteiger partial charge in [-0.15, -0.1) is 10.2 Å². The molecule has 0 heterocycles. The molecule has 0 radical (unpaired) electrons. The van der Waals surface area contributed by atoms with Gasteiger partial charge in [0, 0.05) is 0 Å². The van der Waals surface area contributed by atoms with E-state index in [4.69, 9.17) is 46.4 Å². The number of amides is 2. The summed E-state index contributed by atoms with van der Waals surface area (Å²) in [7, 11) is 0. The molecule has 0 aliphatic carbocycles. The molecule has 0 aliphatic rings. The molecular formula is C11H8Cl4F2N2O2S2. The van der Waals surface area contributed by atoms with Crippen LogP contribution in [0, 0.1) is 6.92 Å². The zero-order valence-corrected chi connectivity index (χ0v) is 15.8. The standard InChI is InChI=1S/C11H8Cl4F2N2O2S2/c1-5-2-3-6(18(16)10(20)22-8(12)13)7(4-5)19(17)11(21)23-9(14)15/h2-4,8-9H,1H3. The van der Waals surface area contributed by atoms with Crippen LogP contribution in [0.1, 0.15) is 5.56 Å². The molecular weight excluding hydrogens is 436 g/mol. The Kier molecular flexibility index (Phi) is 8.54. The molecule has 128 valence electrons. The fourth-order valence-corrected chi connectivity index (χ4v) is 3.00. The van der Waals surface area contributed by atoms with Crippen molar-refractivity contribution >= 4 is 91.8 Å². The van der Waals surface area contributed by atoms with Crippen molar-refractivity contribution in [2.24, 2.45) is 0 Å². The van der Waals surface area contributed by atoms with Crippen LogP contribution in [0.15, 0.2) is 18.2 Å². The van der Waals surface area contributed by atoms with Gasteiger partial charge in [-0.25, -0.2) is 0 Å². The molecule has 0 atom stereocenters. The van der Waals surface area contributed by atoms with E-state index < -0.39 is 30.2 Å². The first-order valence-corrected chi connectivity index (χ1v) is 9.14. The molecule has 4 nitrogen and oxygen atoms in total. The number of thioether (sulfide) groups is 2. The summed E-state index contributed by atoms with van der Waals surface area (Å²) in [5, 5.41) is -3.06. The van der Waals surface area contributed by atoms with Crippen molar-refractivity contribution in [3.8, 4) is 0 Å². The third-order valence-corrected chi connectivity index (χ3v) is 4.40. The molecule has 0 aliphatic heterocycles. The highest BCUT2D eigenvalue weighted by atomic mass is 35.5. The van der Waals surface area contributed by atoms with E-state index in [2.05, 4.69) is 0 Å². The van der Waals surface area contributed by atoms with Crippen molar-refractivity contribution in [1.29, 1.82) is 0 Å². The Morgan fingerprint density at radius 2 is 1.39 bits per heavy atom. The smallest absolute Gasteiger partial charge is 0.259 e. The number of halogens is 6. The molecule has 1 aromatic carbocycles. The Morgan fingerprint density at radius 1 is 0.957 bits per heavy atom. The second-order valence-electron chi connectivity index (χ2n) is 3.84. The van der Waals surface area contributed by atoms with Crippen LogP contribution in [0.5, 0.6) is 0 Å². The highest BCUT2D eigenvalue weighted by molar-refractivity contribution is 8.16. The van der Waals surface area contributed by atoms with Gasteiger partial charge in [0.25, 0.3) is 0 Å². The lowest BCUT2D eigenvalue weighted by Crippen LogP contribution is -2.24. The summed E-state index contributed by atoms with van der Waals surface area (Å²) in [5.74, 6) is 0. The van der Waals surface area contributed by atoms with Gasteiger partial charge in [0.1, 0.15) is 11.4 Å². The summed E-state index contributed by atoms with van der Waals surface area (Å²) in [4.78, 5) is 23.3. The van der Waals surface area contributed by atoms with Gasteiger partial charge >= 0.3 is 10.5 Å². The van der Waals surface area contributed by atoms with Crippen LogP contribution in [0.25, 0.3) is 0 Å². The maximum Gasteiger partial charge on any atom is 0.316 e. The van der Waals surface area contributed by atoms with E-state index in [0.29, 0.717) is 5.56 Å². The van der Waals surface area contributed by atoms with Crippen molar-refractivity contribution in [2.75, 3.05) is 10.2 Å². The minimum absolute atomic E-state index is 0.271. The molecule has 12 heteroatoms. The van der Waals surface area contributed by atoms with E-state index in [1.54, 1.807) is 6.92 Å². The fraction of sp³-hybridized carbons (Fsp3) is 0.273. The number of benzene rings is 1. The lowest BCUT2D eigenvalue weighted by atomic mass is 10.2. The average molecular weight is 444 g/mol. The number of rotatable bonds is 4. The predicted molar refractivity (Wildman–Crippen MR) is 95.3 cm³/mol. The van der Waals surface area contributed by atoms with E-state index >= 15 is 0 Å². The van der Waals surface area contributed by atoms with Gasteiger partial charge in [-0.3, -0.25) is 9.59 Å². The highest BCUT2D eigenvalue weighted by Crippen LogP contribution is 2.36. The summed E-state index contributed by atoms with van der Waals surface area (Å²) in [6, 6.07) is 3.73. The molecule has 0 aromatic heterocycles. The molecule has 1 rings (SSSR count). The van der Waals surface area contributed by atoms with Gasteiger partial charge in [-0.2, -0.15) is 0 Å². The summed E-state index contributed by atoms with van der Waals surface area (Å²) in [6.45, 7) is 1.59. The molecule has 0 fully saturated rings. The molecule has 0 bridgehead atoms. The molecule has 0 unspecified atom stereocenters. The van der Waals surface area contributed by atoms with Crippen LogP contribution in [-0.2, 0) is 0 Å². The predicted octanol–water partition coefficient (Wildman–Crippen LogP) is 6.61. The first-order chi connectivity index (χ1) is 10.6. The number of aryl methyl sites for hydroxylation is 1. The summed E-state index contributed by atoms with van der Waals surface area (Å²) in [5.41, 5.74) is -0.466. The topological polar surface area (TPSA) is 40.6 Å². The molecule has 0 saturated heterocycles. The zero-order valence-electron chi connectivity index (χ0n) is 11.2. The number of alkyl halides is 4. The van der Waals surface area contributed by atoms with E-state index in [0.717, 1.165) is 6.07 Å². The average Bonchev–Trinajstić information content (AvgIpc) is 2.44. The third-order valence-electron chi connectivity index (χ3n) is 2.25. The van der Waals surface area contributed by atoms with Crippen LogP contribution in [-0.4, -0.2) is 18.8 Å². The van der Waals surface area contributed by atoms with Gasteiger partial charge in [-0.05, 0) is 48.1 Å². The van der Waals surface area contributed by atoms with E-state index in [1.165, 1.54) is 12.1 Å². The lowest BCUT2D eigenvalue weighted by molar-refractivity contribution is 0.251. The van der Waals surface area contributed by atoms with Crippen LogP contribution in [0.4, 0.5) is 29.9 Å². The van der Waals surface area contributed by atoms with Crippen LogP contribution < -0.4 is 10.2 Å². The van der Waals surface area contributed by atoms with Crippen molar-refractivity contribution in [1.82, 2.24) is 0 Å². The minimum atomic E-state index is -1.21.